The van der Waals surface area contributed by atoms with Gasteiger partial charge < -0.3 is 5.32 Å². The van der Waals surface area contributed by atoms with Crippen molar-refractivity contribution in [3.05, 3.63) is 51.5 Å². The molecule has 0 bridgehead atoms. The predicted octanol–water partition coefficient (Wildman–Crippen LogP) is 4.16. The summed E-state index contributed by atoms with van der Waals surface area (Å²) < 4.78 is 0. The van der Waals surface area contributed by atoms with Gasteiger partial charge in [0.15, 0.2) is 0 Å². The van der Waals surface area contributed by atoms with Gasteiger partial charge in [0.05, 0.1) is 28.9 Å². The number of thiazole rings is 1. The highest BCUT2D eigenvalue weighted by molar-refractivity contribution is 7.11. The second-order valence-corrected chi connectivity index (χ2v) is 6.83. The van der Waals surface area contributed by atoms with Crippen molar-refractivity contribution in [2.24, 2.45) is 0 Å². The average Bonchev–Trinajstić information content (AvgIpc) is 3.25. The molecular weight excluding hydrogens is 306 g/mol. The van der Waals surface area contributed by atoms with E-state index in [0.29, 0.717) is 11.5 Å². The quantitative estimate of drug-likeness (QED) is 0.917. The second-order valence-electron chi connectivity index (χ2n) is 5.98. The summed E-state index contributed by atoms with van der Waals surface area (Å²) in [5.41, 5.74) is 4.36. The molecular formula is C18H19N3OS. The van der Waals surface area contributed by atoms with Crippen molar-refractivity contribution < 1.29 is 4.79 Å². The van der Waals surface area contributed by atoms with E-state index in [-0.39, 0.29) is 11.9 Å². The number of benzene rings is 1. The van der Waals surface area contributed by atoms with Crippen LogP contribution in [0.1, 0.15) is 71.1 Å². The van der Waals surface area contributed by atoms with E-state index < -0.39 is 0 Å². The lowest BCUT2D eigenvalue weighted by molar-refractivity contribution is 0.0942. The van der Waals surface area contributed by atoms with E-state index >= 15 is 0 Å². The van der Waals surface area contributed by atoms with Gasteiger partial charge in [-0.25, -0.2) is 4.98 Å². The molecule has 23 heavy (non-hydrogen) atoms. The molecule has 1 saturated carbocycles. The minimum Gasteiger partial charge on any atom is -0.345 e. The SMILES string of the molecule is CC(NC(=O)c1scnc1C1CCCC1)c1ccc(C#N)cc1. The number of hydrogen-bond acceptors (Lipinski definition) is 4. The molecule has 1 heterocycles. The maximum atomic E-state index is 12.6. The number of nitrogens with one attached hydrogen (secondary N) is 1. The van der Waals surface area contributed by atoms with Crippen LogP contribution in [0.5, 0.6) is 0 Å². The molecule has 1 aromatic carbocycles. The summed E-state index contributed by atoms with van der Waals surface area (Å²) in [5.74, 6) is 0.387. The molecule has 3 rings (SSSR count). The van der Waals surface area contributed by atoms with E-state index in [4.69, 9.17) is 5.26 Å². The van der Waals surface area contributed by atoms with Crippen LogP contribution in [0.25, 0.3) is 0 Å². The third-order valence-electron chi connectivity index (χ3n) is 4.43. The standard InChI is InChI=1S/C18H19N3OS/c1-12(14-8-6-13(10-19)7-9-14)21-18(22)17-16(20-11-23-17)15-4-2-3-5-15/h6-9,11-12,15H,2-5H2,1H3,(H,21,22). The molecule has 0 saturated heterocycles. The number of nitrogens with zero attached hydrogens (tertiary/aromatic N) is 2. The van der Waals surface area contributed by atoms with Crippen molar-refractivity contribution in [2.45, 2.75) is 44.6 Å². The molecule has 1 aliphatic rings. The summed E-state index contributed by atoms with van der Waals surface area (Å²) in [4.78, 5) is 17.8. The Labute approximate surface area is 140 Å². The van der Waals surface area contributed by atoms with Crippen LogP contribution in [0.15, 0.2) is 29.8 Å². The summed E-state index contributed by atoms with van der Waals surface area (Å²) in [6.45, 7) is 1.95. The Hall–Kier alpha value is -2.19. The van der Waals surface area contributed by atoms with Crippen molar-refractivity contribution in [1.82, 2.24) is 10.3 Å². The van der Waals surface area contributed by atoms with Crippen LogP contribution in [0.2, 0.25) is 0 Å². The number of aromatic nitrogens is 1. The molecule has 1 aliphatic carbocycles. The van der Waals surface area contributed by atoms with Crippen molar-refractivity contribution in [3.63, 3.8) is 0 Å². The van der Waals surface area contributed by atoms with Crippen LogP contribution < -0.4 is 5.32 Å². The van der Waals surface area contributed by atoms with E-state index in [1.54, 1.807) is 17.6 Å². The topological polar surface area (TPSA) is 65.8 Å². The van der Waals surface area contributed by atoms with Gasteiger partial charge in [0, 0.05) is 5.92 Å². The lowest BCUT2D eigenvalue weighted by atomic mass is 10.0. The number of carbonyl (C=O) groups excluding carboxylic acids is 1. The first-order valence-corrected chi connectivity index (χ1v) is 8.81. The Morgan fingerprint density at radius 2 is 2.04 bits per heavy atom. The van der Waals surface area contributed by atoms with E-state index in [1.807, 2.05) is 19.1 Å². The second kappa shape index (κ2) is 6.93. The molecule has 1 aromatic heterocycles. The molecule has 2 aromatic rings. The fourth-order valence-electron chi connectivity index (χ4n) is 3.11. The maximum absolute atomic E-state index is 12.6. The summed E-state index contributed by atoms with van der Waals surface area (Å²) >= 11 is 1.42. The first kappa shape index (κ1) is 15.7. The fourth-order valence-corrected chi connectivity index (χ4v) is 3.88. The number of carbonyl (C=O) groups is 1. The van der Waals surface area contributed by atoms with Crippen molar-refractivity contribution in [2.75, 3.05) is 0 Å². The molecule has 1 unspecified atom stereocenters. The highest BCUT2D eigenvalue weighted by Gasteiger charge is 2.25. The first-order valence-electron chi connectivity index (χ1n) is 7.93. The normalized spacial score (nSPS) is 16.0. The Balaban J connectivity index is 1.71. The van der Waals surface area contributed by atoms with Crippen molar-refractivity contribution in [1.29, 1.82) is 5.26 Å². The lowest BCUT2D eigenvalue weighted by Gasteiger charge is -2.15. The van der Waals surface area contributed by atoms with E-state index in [0.717, 1.165) is 29.0 Å². The summed E-state index contributed by atoms with van der Waals surface area (Å²) in [7, 11) is 0. The highest BCUT2D eigenvalue weighted by Crippen LogP contribution is 2.36. The Morgan fingerprint density at radius 1 is 1.35 bits per heavy atom. The summed E-state index contributed by atoms with van der Waals surface area (Å²) in [5, 5.41) is 11.9. The van der Waals surface area contributed by atoms with Crippen LogP contribution in [-0.4, -0.2) is 10.9 Å². The molecule has 4 nitrogen and oxygen atoms in total. The van der Waals surface area contributed by atoms with Crippen LogP contribution in [0.4, 0.5) is 0 Å². The molecule has 5 heteroatoms. The summed E-state index contributed by atoms with van der Waals surface area (Å²) in [6.07, 6.45) is 4.72. The zero-order valence-electron chi connectivity index (χ0n) is 13.1. The molecule has 1 atom stereocenters. The third kappa shape index (κ3) is 3.43. The molecule has 0 aliphatic heterocycles. The van der Waals surface area contributed by atoms with Crippen LogP contribution >= 0.6 is 11.3 Å². The molecule has 1 fully saturated rings. The zero-order valence-corrected chi connectivity index (χ0v) is 13.9. The van der Waals surface area contributed by atoms with Gasteiger partial charge in [-0.05, 0) is 37.5 Å². The highest BCUT2D eigenvalue weighted by atomic mass is 32.1. The minimum atomic E-state index is -0.103. The van der Waals surface area contributed by atoms with Gasteiger partial charge in [0.2, 0.25) is 0 Å². The monoisotopic (exact) mass is 325 g/mol. The zero-order chi connectivity index (χ0) is 16.2. The molecule has 0 spiro atoms. The van der Waals surface area contributed by atoms with Gasteiger partial charge in [-0.1, -0.05) is 25.0 Å². The molecule has 1 amide bonds. The van der Waals surface area contributed by atoms with Crippen LogP contribution in [0.3, 0.4) is 0 Å². The van der Waals surface area contributed by atoms with Gasteiger partial charge in [0.1, 0.15) is 4.88 Å². The number of hydrogen-bond donors (Lipinski definition) is 1. The minimum absolute atomic E-state index is 0.0498. The van der Waals surface area contributed by atoms with Crippen LogP contribution in [0, 0.1) is 11.3 Å². The number of nitriles is 1. The van der Waals surface area contributed by atoms with Gasteiger partial charge in [-0.2, -0.15) is 5.26 Å². The van der Waals surface area contributed by atoms with Gasteiger partial charge >= 0.3 is 0 Å². The summed E-state index contributed by atoms with van der Waals surface area (Å²) in [6, 6.07) is 9.31. The average molecular weight is 325 g/mol. The van der Waals surface area contributed by atoms with Crippen molar-refractivity contribution in [3.8, 4) is 6.07 Å². The number of rotatable bonds is 4. The van der Waals surface area contributed by atoms with E-state index in [9.17, 15) is 4.79 Å². The largest absolute Gasteiger partial charge is 0.345 e. The van der Waals surface area contributed by atoms with Crippen LogP contribution in [-0.2, 0) is 0 Å². The Bertz CT molecular complexity index is 723. The molecule has 0 radical (unpaired) electrons. The van der Waals surface area contributed by atoms with Crippen molar-refractivity contribution >= 4 is 17.2 Å². The smallest absolute Gasteiger partial charge is 0.263 e. The first-order chi connectivity index (χ1) is 11.2. The number of amides is 1. The van der Waals surface area contributed by atoms with Gasteiger partial charge in [0.25, 0.3) is 5.91 Å². The maximum Gasteiger partial charge on any atom is 0.263 e. The predicted molar refractivity (Wildman–Crippen MR) is 90.4 cm³/mol. The molecule has 1 N–H and O–H groups in total. The Kier molecular flexibility index (Phi) is 4.73. The van der Waals surface area contributed by atoms with Gasteiger partial charge in [-0.15, -0.1) is 11.3 Å². The lowest BCUT2D eigenvalue weighted by Crippen LogP contribution is -2.27. The van der Waals surface area contributed by atoms with Gasteiger partial charge in [-0.3, -0.25) is 4.79 Å². The molecule has 118 valence electrons. The third-order valence-corrected chi connectivity index (χ3v) is 5.27. The van der Waals surface area contributed by atoms with E-state index in [2.05, 4.69) is 16.4 Å². The Morgan fingerprint density at radius 3 is 2.70 bits per heavy atom. The van der Waals surface area contributed by atoms with E-state index in [1.165, 1.54) is 24.2 Å². The fraction of sp³-hybridized carbons (Fsp3) is 0.389.